The maximum atomic E-state index is 13.2. The first-order valence-corrected chi connectivity index (χ1v) is 18.7. The number of aliphatic hydroxyl groups is 1. The number of primary amides is 1. The molecule has 264 valence electrons. The second-order valence-corrected chi connectivity index (χ2v) is 14.4. The molecule has 0 unspecified atom stereocenters. The van der Waals surface area contributed by atoms with Crippen LogP contribution >= 0.6 is 35.0 Å². The molecule has 51 heavy (non-hydrogen) atoms. The lowest BCUT2D eigenvalue weighted by Crippen LogP contribution is -2.43. The van der Waals surface area contributed by atoms with Gasteiger partial charge in [-0.25, -0.2) is 0 Å². The molecule has 1 saturated heterocycles. The molecule has 6 rings (SSSR count). The number of aromatic nitrogens is 2. The Labute approximate surface area is 311 Å². The molecule has 0 aliphatic carbocycles. The Morgan fingerprint density at radius 3 is 2.47 bits per heavy atom. The normalized spacial score (nSPS) is 15.0. The smallest absolute Gasteiger partial charge is 0.311 e. The highest BCUT2D eigenvalue weighted by molar-refractivity contribution is 7.99. The van der Waals surface area contributed by atoms with Crippen molar-refractivity contribution < 1.29 is 19.5 Å². The van der Waals surface area contributed by atoms with E-state index >= 15 is 0 Å². The first-order chi connectivity index (χ1) is 24.7. The summed E-state index contributed by atoms with van der Waals surface area (Å²) in [6, 6.07) is 19.0. The lowest BCUT2D eigenvalue weighted by molar-refractivity contribution is -0.144. The minimum absolute atomic E-state index is 0.219. The highest BCUT2D eigenvalue weighted by atomic mass is 35.5. The zero-order valence-electron chi connectivity index (χ0n) is 27.9. The lowest BCUT2D eigenvalue weighted by atomic mass is 9.99. The summed E-state index contributed by atoms with van der Waals surface area (Å²) in [5, 5.41) is 18.5. The molecule has 10 nitrogen and oxygen atoms in total. The van der Waals surface area contributed by atoms with Gasteiger partial charge in [0.1, 0.15) is 0 Å². The number of nitrogens with two attached hydrogens (primary N) is 1. The number of amides is 3. The SMILES string of the molecule is NC(=O)C(=O)N1CCc2c(c(-c3ccc(Cl)c(C#Cc4ccc(Cl)c(C(=O)N[C@@H](CO)c5ccccc5)c4)c3)nn2CCCN2CCSCC2)C1. The number of nitrogens with one attached hydrogen (secondary N) is 1. The van der Waals surface area contributed by atoms with Crippen LogP contribution in [-0.4, -0.2) is 86.7 Å². The Hall–Kier alpha value is -4.31. The van der Waals surface area contributed by atoms with E-state index < -0.39 is 23.8 Å². The summed E-state index contributed by atoms with van der Waals surface area (Å²) < 4.78 is 2.04. The third-order valence-corrected chi connectivity index (χ3v) is 10.7. The fraction of sp³-hybridized carbons (Fsp3) is 0.316. The molecule has 2 aliphatic rings. The van der Waals surface area contributed by atoms with Gasteiger partial charge in [0.2, 0.25) is 0 Å². The van der Waals surface area contributed by atoms with Crippen molar-refractivity contribution in [3.05, 3.63) is 110 Å². The lowest BCUT2D eigenvalue weighted by Gasteiger charge is -2.27. The molecular weight excluding hydrogens is 707 g/mol. The standard InChI is InChI=1S/C38H38Cl2N6O4S/c39-31-12-10-28(22-27(31)9-7-25-8-11-32(40)29(21-25)37(49)42-33(24-47)26-5-2-1-3-6-26)35-30-23-45(38(50)36(41)48)16-13-34(30)46(43-35)15-4-14-44-17-19-51-20-18-44/h1-3,5-6,8,10-12,21-22,33,47H,4,13-20,23-24H2,(H2,41,48)(H,42,49)/t33-/m0/s1. The maximum absolute atomic E-state index is 13.2. The van der Waals surface area contributed by atoms with Crippen molar-refractivity contribution in [1.29, 1.82) is 0 Å². The van der Waals surface area contributed by atoms with Crippen LogP contribution in [0.5, 0.6) is 0 Å². The topological polar surface area (TPSA) is 134 Å². The molecule has 3 heterocycles. The van der Waals surface area contributed by atoms with E-state index in [4.69, 9.17) is 34.0 Å². The van der Waals surface area contributed by atoms with E-state index in [9.17, 15) is 19.5 Å². The molecule has 0 radical (unpaired) electrons. The van der Waals surface area contributed by atoms with Crippen molar-refractivity contribution in [2.24, 2.45) is 5.73 Å². The number of carbonyl (C=O) groups excluding carboxylic acids is 3. The number of carbonyl (C=O) groups is 3. The van der Waals surface area contributed by atoms with Crippen molar-refractivity contribution in [2.45, 2.75) is 32.0 Å². The Balaban J connectivity index is 1.26. The molecule has 1 aromatic heterocycles. The summed E-state index contributed by atoms with van der Waals surface area (Å²) in [5.74, 6) is 6.41. The van der Waals surface area contributed by atoms with Crippen LogP contribution in [0.15, 0.2) is 66.7 Å². The second-order valence-electron chi connectivity index (χ2n) is 12.4. The molecule has 4 N–H and O–H groups in total. The van der Waals surface area contributed by atoms with Gasteiger partial charge in [0.05, 0.1) is 40.5 Å². The third kappa shape index (κ3) is 8.78. The average molecular weight is 746 g/mol. The van der Waals surface area contributed by atoms with E-state index in [1.165, 1.54) is 4.90 Å². The van der Waals surface area contributed by atoms with Gasteiger partial charge in [-0.15, -0.1) is 0 Å². The number of hydrogen-bond acceptors (Lipinski definition) is 7. The van der Waals surface area contributed by atoms with Gasteiger partial charge in [0, 0.05) is 72.1 Å². The summed E-state index contributed by atoms with van der Waals surface area (Å²) in [6.45, 7) is 4.23. The molecule has 0 saturated carbocycles. The highest BCUT2D eigenvalue weighted by Crippen LogP contribution is 2.32. The van der Waals surface area contributed by atoms with E-state index in [1.54, 1.807) is 24.3 Å². The predicted molar refractivity (Wildman–Crippen MR) is 201 cm³/mol. The van der Waals surface area contributed by atoms with Crippen LogP contribution in [0.4, 0.5) is 0 Å². The molecular formula is C38H38Cl2N6O4S. The van der Waals surface area contributed by atoms with Gasteiger partial charge in [-0.3, -0.25) is 19.1 Å². The number of fused-ring (bicyclic) bond motifs is 1. The monoisotopic (exact) mass is 744 g/mol. The first-order valence-electron chi connectivity index (χ1n) is 16.8. The molecule has 0 spiro atoms. The van der Waals surface area contributed by atoms with Crippen LogP contribution in [0.2, 0.25) is 10.0 Å². The number of thioether (sulfide) groups is 1. The van der Waals surface area contributed by atoms with E-state index in [1.807, 2.05) is 58.9 Å². The van der Waals surface area contributed by atoms with E-state index in [-0.39, 0.29) is 23.7 Å². The Morgan fingerprint density at radius 2 is 1.73 bits per heavy atom. The molecule has 3 amide bonds. The molecule has 13 heteroatoms. The van der Waals surface area contributed by atoms with Gasteiger partial charge in [0.25, 0.3) is 5.91 Å². The summed E-state index contributed by atoms with van der Waals surface area (Å²) >= 11 is 15.0. The van der Waals surface area contributed by atoms with Gasteiger partial charge in [-0.1, -0.05) is 71.4 Å². The maximum Gasteiger partial charge on any atom is 0.311 e. The Bertz CT molecular complexity index is 1990. The minimum atomic E-state index is -0.983. The average Bonchev–Trinajstić information content (AvgIpc) is 3.52. The number of hydrogen-bond donors (Lipinski definition) is 3. The van der Waals surface area contributed by atoms with Crippen molar-refractivity contribution in [2.75, 3.05) is 44.3 Å². The number of aliphatic hydroxyl groups excluding tert-OH is 1. The fourth-order valence-electron chi connectivity index (χ4n) is 6.35. The number of aryl methyl sites for hydroxylation is 1. The first kappa shape index (κ1) is 36.5. The number of nitrogens with zero attached hydrogens (tertiary/aromatic N) is 4. The fourth-order valence-corrected chi connectivity index (χ4v) is 7.69. The van der Waals surface area contributed by atoms with Crippen LogP contribution in [-0.2, 0) is 29.1 Å². The van der Waals surface area contributed by atoms with Crippen molar-refractivity contribution in [3.63, 3.8) is 0 Å². The Kier molecular flexibility index (Phi) is 12.0. The summed E-state index contributed by atoms with van der Waals surface area (Å²) in [5.41, 5.74) is 10.8. The van der Waals surface area contributed by atoms with Crippen LogP contribution in [0.3, 0.4) is 0 Å². The predicted octanol–water partition coefficient (Wildman–Crippen LogP) is 4.53. The molecule has 4 aromatic rings. The van der Waals surface area contributed by atoms with Crippen molar-refractivity contribution in [3.8, 4) is 23.1 Å². The number of halogens is 2. The number of rotatable bonds is 9. The zero-order chi connectivity index (χ0) is 35.9. The van der Waals surface area contributed by atoms with E-state index in [0.717, 1.165) is 66.5 Å². The quantitative estimate of drug-likeness (QED) is 0.170. The van der Waals surface area contributed by atoms with Crippen molar-refractivity contribution in [1.82, 2.24) is 24.9 Å². The molecule has 1 fully saturated rings. The molecule has 3 aromatic carbocycles. The van der Waals surface area contributed by atoms with Gasteiger partial charge in [-0.2, -0.15) is 16.9 Å². The van der Waals surface area contributed by atoms with Crippen molar-refractivity contribution >= 4 is 52.7 Å². The van der Waals surface area contributed by atoms with Crippen LogP contribution in [0.1, 0.15) is 50.8 Å². The Morgan fingerprint density at radius 1 is 0.961 bits per heavy atom. The van der Waals surface area contributed by atoms with Crippen LogP contribution in [0, 0.1) is 11.8 Å². The molecule has 1 atom stereocenters. The van der Waals surface area contributed by atoms with Gasteiger partial charge in [0.15, 0.2) is 0 Å². The van der Waals surface area contributed by atoms with Crippen LogP contribution < -0.4 is 11.1 Å². The summed E-state index contributed by atoms with van der Waals surface area (Å²) in [7, 11) is 0. The van der Waals surface area contributed by atoms with E-state index in [0.29, 0.717) is 34.8 Å². The highest BCUT2D eigenvalue weighted by Gasteiger charge is 2.30. The summed E-state index contributed by atoms with van der Waals surface area (Å²) in [6.07, 6.45) is 1.49. The molecule has 2 aliphatic heterocycles. The molecule has 0 bridgehead atoms. The zero-order valence-corrected chi connectivity index (χ0v) is 30.2. The largest absolute Gasteiger partial charge is 0.394 e. The van der Waals surface area contributed by atoms with Gasteiger partial charge in [-0.05, 0) is 48.9 Å². The van der Waals surface area contributed by atoms with E-state index in [2.05, 4.69) is 22.1 Å². The second kappa shape index (κ2) is 16.8. The minimum Gasteiger partial charge on any atom is -0.394 e. The van der Waals surface area contributed by atoms with Crippen LogP contribution in [0.25, 0.3) is 11.3 Å². The van der Waals surface area contributed by atoms with Gasteiger partial charge < -0.3 is 26.0 Å². The third-order valence-electron chi connectivity index (χ3n) is 9.06. The summed E-state index contributed by atoms with van der Waals surface area (Å²) in [4.78, 5) is 41.5. The number of benzene rings is 3. The van der Waals surface area contributed by atoms with Gasteiger partial charge >= 0.3 is 11.8 Å².